The fourth-order valence-electron chi connectivity index (χ4n) is 5.86. The van der Waals surface area contributed by atoms with Gasteiger partial charge < -0.3 is 19.4 Å². The summed E-state index contributed by atoms with van der Waals surface area (Å²) >= 11 is 0. The van der Waals surface area contributed by atoms with Crippen LogP contribution in [0.4, 0.5) is 15.3 Å². The van der Waals surface area contributed by atoms with E-state index in [1.54, 1.807) is 32.4 Å². The van der Waals surface area contributed by atoms with Crippen LogP contribution < -0.4 is 9.64 Å². The van der Waals surface area contributed by atoms with Gasteiger partial charge in [0.25, 0.3) is 5.91 Å². The number of ether oxygens (including phenoxy) is 2. The van der Waals surface area contributed by atoms with Gasteiger partial charge in [-0.1, -0.05) is 54.6 Å². The summed E-state index contributed by atoms with van der Waals surface area (Å²) in [5, 5.41) is 1.07. The van der Waals surface area contributed by atoms with E-state index >= 15 is 0 Å². The third-order valence-electron chi connectivity index (χ3n) is 8.03. The number of urea groups is 1. The minimum atomic E-state index is -1.23. The van der Waals surface area contributed by atoms with E-state index in [1.165, 1.54) is 14.7 Å². The van der Waals surface area contributed by atoms with E-state index < -0.39 is 11.6 Å². The SMILES string of the molecule is COc1ccc2c(c1)N(C(=O)OCc1ccccc1)CCC21C(=O)N(CCc2c[nH]c3ccccc23)C(=O)N1C. The standard InChI is InChI=1S/C31H30N4O5/c1-33-29(37)35(16-14-22-19-32-26-11-7-6-10-24(22)26)28(36)31(33)15-17-34(27-18-23(39-2)12-13-25(27)31)30(38)40-20-21-8-4-3-5-9-21/h3-13,18-19,32H,14-17,20H2,1-2H3. The molecule has 6 rings (SSSR count). The Balaban J connectivity index is 1.29. The Bertz CT molecular complexity index is 1600. The summed E-state index contributed by atoms with van der Waals surface area (Å²) in [7, 11) is 3.20. The van der Waals surface area contributed by atoms with E-state index in [0.717, 1.165) is 22.0 Å². The number of hydrogen-bond donors (Lipinski definition) is 1. The van der Waals surface area contributed by atoms with Crippen molar-refractivity contribution in [1.82, 2.24) is 14.8 Å². The van der Waals surface area contributed by atoms with Crippen molar-refractivity contribution in [1.29, 1.82) is 0 Å². The zero-order valence-electron chi connectivity index (χ0n) is 22.4. The van der Waals surface area contributed by atoms with E-state index in [0.29, 0.717) is 23.4 Å². The maximum Gasteiger partial charge on any atom is 0.414 e. The molecule has 0 bridgehead atoms. The summed E-state index contributed by atoms with van der Waals surface area (Å²) in [5.74, 6) is 0.246. The number of carbonyl (C=O) groups excluding carboxylic acids is 3. The van der Waals surface area contributed by atoms with Gasteiger partial charge in [-0.3, -0.25) is 14.6 Å². The second kappa shape index (κ2) is 10.1. The number of fused-ring (bicyclic) bond motifs is 3. The molecule has 2 aliphatic heterocycles. The van der Waals surface area contributed by atoms with Gasteiger partial charge >= 0.3 is 12.1 Å². The van der Waals surface area contributed by atoms with Crippen molar-refractivity contribution in [3.8, 4) is 5.75 Å². The highest BCUT2D eigenvalue weighted by Crippen LogP contribution is 2.48. The van der Waals surface area contributed by atoms with Gasteiger partial charge in [-0.05, 0) is 29.7 Å². The highest BCUT2D eigenvalue weighted by molar-refractivity contribution is 6.09. The number of para-hydroxylation sites is 1. The van der Waals surface area contributed by atoms with Crippen LogP contribution in [0.2, 0.25) is 0 Å². The molecule has 3 aromatic carbocycles. The van der Waals surface area contributed by atoms with Crippen LogP contribution in [0.15, 0.2) is 79.0 Å². The second-order valence-corrected chi connectivity index (χ2v) is 10.1. The van der Waals surface area contributed by atoms with E-state index in [4.69, 9.17) is 9.47 Å². The molecular weight excluding hydrogens is 508 g/mol. The molecule has 1 saturated heterocycles. The Hall–Kier alpha value is -4.79. The first-order valence-electron chi connectivity index (χ1n) is 13.3. The Kier molecular flexibility index (Phi) is 6.42. The summed E-state index contributed by atoms with van der Waals surface area (Å²) < 4.78 is 11.1. The van der Waals surface area contributed by atoms with Crippen LogP contribution in [0.3, 0.4) is 0 Å². The lowest BCUT2D eigenvalue weighted by atomic mass is 9.80. The number of hydrogen-bond acceptors (Lipinski definition) is 5. The predicted octanol–water partition coefficient (Wildman–Crippen LogP) is 5.06. The van der Waals surface area contributed by atoms with Crippen LogP contribution in [-0.4, -0.2) is 60.1 Å². The maximum atomic E-state index is 14.1. The number of rotatable bonds is 6. The van der Waals surface area contributed by atoms with Crippen molar-refractivity contribution in [2.45, 2.75) is 25.0 Å². The van der Waals surface area contributed by atoms with Crippen molar-refractivity contribution in [2.75, 3.05) is 32.1 Å². The first-order chi connectivity index (χ1) is 19.4. The van der Waals surface area contributed by atoms with E-state index in [9.17, 15) is 14.4 Å². The third-order valence-corrected chi connectivity index (χ3v) is 8.03. The van der Waals surface area contributed by atoms with Crippen LogP contribution in [0.25, 0.3) is 10.9 Å². The van der Waals surface area contributed by atoms with Crippen molar-refractivity contribution < 1.29 is 23.9 Å². The van der Waals surface area contributed by atoms with Gasteiger partial charge in [0.15, 0.2) is 5.54 Å². The van der Waals surface area contributed by atoms with Gasteiger partial charge in [-0.25, -0.2) is 9.59 Å². The van der Waals surface area contributed by atoms with Crippen LogP contribution >= 0.6 is 0 Å². The summed E-state index contributed by atoms with van der Waals surface area (Å²) in [6, 6.07) is 22.3. The lowest BCUT2D eigenvalue weighted by molar-refractivity contribution is -0.133. The van der Waals surface area contributed by atoms with Gasteiger partial charge in [0.05, 0.1) is 12.8 Å². The molecule has 1 spiro atoms. The molecule has 0 saturated carbocycles. The lowest BCUT2D eigenvalue weighted by Crippen LogP contribution is -2.52. The number of likely N-dealkylation sites (N-methyl/N-ethyl adjacent to an activating group) is 1. The number of nitrogens with zero attached hydrogens (tertiary/aromatic N) is 3. The average Bonchev–Trinajstić information content (AvgIpc) is 3.48. The highest BCUT2D eigenvalue weighted by atomic mass is 16.6. The van der Waals surface area contributed by atoms with Gasteiger partial charge in [0.1, 0.15) is 12.4 Å². The third kappa shape index (κ3) is 4.05. The average molecular weight is 539 g/mol. The number of anilines is 1. The summed E-state index contributed by atoms with van der Waals surface area (Å²) in [4.78, 5) is 48.5. The molecule has 3 heterocycles. The summed E-state index contributed by atoms with van der Waals surface area (Å²) in [5.41, 5.74) is 2.77. The number of imide groups is 1. The van der Waals surface area contributed by atoms with Crippen molar-refractivity contribution in [3.05, 3.63) is 95.7 Å². The zero-order chi connectivity index (χ0) is 27.9. The molecule has 1 atom stereocenters. The summed E-state index contributed by atoms with van der Waals surface area (Å²) in [6.07, 6.45) is 2.18. The molecular formula is C31H30N4O5. The molecule has 4 aromatic rings. The fraction of sp³-hybridized carbons (Fsp3) is 0.258. The van der Waals surface area contributed by atoms with Gasteiger partial charge in [-0.2, -0.15) is 0 Å². The Morgan fingerprint density at radius 2 is 1.80 bits per heavy atom. The Labute approximate surface area is 231 Å². The largest absolute Gasteiger partial charge is 0.497 e. The van der Waals surface area contributed by atoms with E-state index in [2.05, 4.69) is 4.98 Å². The number of H-pyrrole nitrogens is 1. The number of nitrogens with one attached hydrogen (secondary N) is 1. The van der Waals surface area contributed by atoms with Crippen molar-refractivity contribution in [3.63, 3.8) is 0 Å². The second-order valence-electron chi connectivity index (χ2n) is 10.1. The minimum Gasteiger partial charge on any atom is -0.497 e. The topological polar surface area (TPSA) is 95.2 Å². The van der Waals surface area contributed by atoms with Crippen LogP contribution in [0.5, 0.6) is 5.75 Å². The molecule has 4 amide bonds. The molecule has 1 N–H and O–H groups in total. The molecule has 204 valence electrons. The molecule has 1 fully saturated rings. The van der Waals surface area contributed by atoms with Crippen LogP contribution in [-0.2, 0) is 28.1 Å². The number of benzene rings is 3. The molecule has 2 aliphatic rings. The number of aromatic nitrogens is 1. The van der Waals surface area contributed by atoms with E-state index in [-0.39, 0.29) is 38.1 Å². The molecule has 40 heavy (non-hydrogen) atoms. The molecule has 0 radical (unpaired) electrons. The Morgan fingerprint density at radius 1 is 1.02 bits per heavy atom. The number of methoxy groups -OCH3 is 1. The van der Waals surface area contributed by atoms with Crippen molar-refractivity contribution in [2.24, 2.45) is 0 Å². The summed E-state index contributed by atoms with van der Waals surface area (Å²) in [6.45, 7) is 0.576. The first-order valence-corrected chi connectivity index (χ1v) is 13.3. The monoisotopic (exact) mass is 538 g/mol. The molecule has 9 heteroatoms. The minimum absolute atomic E-state index is 0.125. The van der Waals surface area contributed by atoms with E-state index in [1.807, 2.05) is 60.8 Å². The van der Waals surface area contributed by atoms with Gasteiger partial charge in [0.2, 0.25) is 0 Å². The quantitative estimate of drug-likeness (QED) is 0.347. The van der Waals surface area contributed by atoms with Crippen LogP contribution in [0, 0.1) is 0 Å². The van der Waals surface area contributed by atoms with Crippen LogP contribution in [0.1, 0.15) is 23.1 Å². The van der Waals surface area contributed by atoms with Crippen molar-refractivity contribution >= 4 is 34.6 Å². The smallest absolute Gasteiger partial charge is 0.414 e. The zero-order valence-corrected chi connectivity index (χ0v) is 22.4. The first kappa shape index (κ1) is 25.5. The number of carbonyl (C=O) groups is 3. The predicted molar refractivity (Wildman–Crippen MR) is 150 cm³/mol. The normalized spacial score (nSPS) is 18.5. The molecule has 1 aromatic heterocycles. The highest BCUT2D eigenvalue weighted by Gasteiger charge is 2.59. The fourth-order valence-corrected chi connectivity index (χ4v) is 5.86. The number of amides is 4. The lowest BCUT2D eigenvalue weighted by Gasteiger charge is -2.42. The molecule has 1 unspecified atom stereocenters. The molecule has 9 nitrogen and oxygen atoms in total. The van der Waals surface area contributed by atoms with Gasteiger partial charge in [0, 0.05) is 55.3 Å². The molecule has 0 aliphatic carbocycles. The van der Waals surface area contributed by atoms with Gasteiger partial charge in [-0.15, -0.1) is 0 Å². The Morgan fingerprint density at radius 3 is 2.60 bits per heavy atom. The maximum absolute atomic E-state index is 14.1. The number of aromatic amines is 1.